The smallest absolute Gasteiger partial charge is 0.254 e. The molecule has 180 valence electrons. The molecular weight excluding hydrogens is 517 g/mol. The first kappa shape index (κ1) is 26.9. The van der Waals surface area contributed by atoms with E-state index in [1.54, 1.807) is 0 Å². The molecule has 0 spiro atoms. The number of carbonyl (C=O) groups excluding carboxylic acids is 1. The van der Waals surface area contributed by atoms with E-state index in [4.69, 9.17) is 9.73 Å². The van der Waals surface area contributed by atoms with Crippen molar-refractivity contribution in [2.75, 3.05) is 39.3 Å². The maximum atomic E-state index is 12.8. The minimum absolute atomic E-state index is 0. The lowest BCUT2D eigenvalue weighted by Crippen LogP contribution is -2.48. The van der Waals surface area contributed by atoms with Crippen molar-refractivity contribution >= 4 is 35.8 Å². The molecule has 2 aliphatic rings. The SMILES string of the molecule is CCNC(=NCc1ccc(C(=O)N2CC(C)OC(C)C2)cc1)NCC1CCCN1CC.I. The van der Waals surface area contributed by atoms with Crippen LogP contribution in [0.25, 0.3) is 0 Å². The van der Waals surface area contributed by atoms with E-state index in [0.29, 0.717) is 25.7 Å². The molecule has 1 aromatic carbocycles. The van der Waals surface area contributed by atoms with Crippen LogP contribution in [0, 0.1) is 0 Å². The number of ether oxygens (including phenoxy) is 1. The molecule has 32 heavy (non-hydrogen) atoms. The molecule has 0 radical (unpaired) electrons. The molecule has 8 heteroatoms. The Bertz CT molecular complexity index is 732. The molecule has 0 aliphatic carbocycles. The van der Waals surface area contributed by atoms with Gasteiger partial charge < -0.3 is 20.3 Å². The second kappa shape index (κ2) is 13.3. The van der Waals surface area contributed by atoms with Crippen LogP contribution in [0.5, 0.6) is 0 Å². The number of hydrogen-bond donors (Lipinski definition) is 2. The number of amides is 1. The first-order chi connectivity index (χ1) is 15.0. The first-order valence-electron chi connectivity index (χ1n) is 11.8. The third kappa shape index (κ3) is 7.59. The Kier molecular flexibility index (Phi) is 11.2. The van der Waals surface area contributed by atoms with Crippen LogP contribution >= 0.6 is 24.0 Å². The highest BCUT2D eigenvalue weighted by Gasteiger charge is 2.26. The quantitative estimate of drug-likeness (QED) is 0.307. The Morgan fingerprint density at radius 2 is 1.81 bits per heavy atom. The van der Waals surface area contributed by atoms with Gasteiger partial charge in [-0.2, -0.15) is 0 Å². The molecule has 0 bridgehead atoms. The molecule has 7 nitrogen and oxygen atoms in total. The fourth-order valence-electron chi connectivity index (χ4n) is 4.55. The number of likely N-dealkylation sites (tertiary alicyclic amines) is 1. The van der Waals surface area contributed by atoms with Crippen LogP contribution in [0.3, 0.4) is 0 Å². The number of benzene rings is 1. The van der Waals surface area contributed by atoms with Crippen LogP contribution in [-0.4, -0.2) is 79.2 Å². The highest BCUT2D eigenvalue weighted by Crippen LogP contribution is 2.16. The third-order valence-electron chi connectivity index (χ3n) is 6.08. The van der Waals surface area contributed by atoms with E-state index in [1.165, 1.54) is 19.4 Å². The molecule has 2 aliphatic heterocycles. The molecule has 2 N–H and O–H groups in total. The maximum Gasteiger partial charge on any atom is 0.254 e. The van der Waals surface area contributed by atoms with Crippen LogP contribution < -0.4 is 10.6 Å². The summed E-state index contributed by atoms with van der Waals surface area (Å²) < 4.78 is 5.74. The molecule has 1 amide bonds. The Morgan fingerprint density at radius 3 is 2.44 bits per heavy atom. The molecule has 0 saturated carbocycles. The minimum atomic E-state index is 0. The lowest BCUT2D eigenvalue weighted by Gasteiger charge is -2.35. The molecule has 3 atom stereocenters. The van der Waals surface area contributed by atoms with Crippen LogP contribution in [0.15, 0.2) is 29.3 Å². The van der Waals surface area contributed by atoms with E-state index in [9.17, 15) is 4.79 Å². The van der Waals surface area contributed by atoms with Crippen molar-refractivity contribution in [3.05, 3.63) is 35.4 Å². The summed E-state index contributed by atoms with van der Waals surface area (Å²) in [6, 6.07) is 8.42. The number of guanidine groups is 1. The number of aliphatic imine (C=N–C) groups is 1. The standard InChI is InChI=1S/C24H39N5O2.HI/c1-5-25-24(27-15-22-8-7-13-28(22)6-2)26-14-20-9-11-21(12-10-20)23(30)29-16-18(3)31-19(4)17-29;/h9-12,18-19,22H,5-8,13-17H2,1-4H3,(H2,25,26,27);1H. The van der Waals surface area contributed by atoms with Crippen molar-refractivity contribution in [1.82, 2.24) is 20.4 Å². The molecule has 3 unspecified atom stereocenters. The number of rotatable bonds is 7. The number of halogens is 1. The monoisotopic (exact) mass is 557 g/mol. The zero-order valence-electron chi connectivity index (χ0n) is 20.0. The van der Waals surface area contributed by atoms with Gasteiger partial charge in [-0.05, 0) is 64.4 Å². The van der Waals surface area contributed by atoms with E-state index < -0.39 is 0 Å². The van der Waals surface area contributed by atoms with Gasteiger partial charge in [-0.25, -0.2) is 4.99 Å². The Labute approximate surface area is 210 Å². The van der Waals surface area contributed by atoms with Gasteiger partial charge in [-0.3, -0.25) is 9.69 Å². The average Bonchev–Trinajstić information content (AvgIpc) is 3.22. The molecule has 0 aromatic heterocycles. The van der Waals surface area contributed by atoms with Crippen molar-refractivity contribution in [3.8, 4) is 0 Å². The topological polar surface area (TPSA) is 69.2 Å². The van der Waals surface area contributed by atoms with Crippen LogP contribution in [-0.2, 0) is 11.3 Å². The molecule has 2 fully saturated rings. The lowest BCUT2D eigenvalue weighted by molar-refractivity contribution is -0.0586. The fraction of sp³-hybridized carbons (Fsp3) is 0.667. The Hall–Kier alpha value is -1.39. The fourth-order valence-corrected chi connectivity index (χ4v) is 4.55. The van der Waals surface area contributed by atoms with E-state index in [2.05, 4.69) is 29.4 Å². The predicted molar refractivity (Wildman–Crippen MR) is 141 cm³/mol. The highest BCUT2D eigenvalue weighted by molar-refractivity contribution is 14.0. The number of hydrogen-bond acceptors (Lipinski definition) is 4. The van der Waals surface area contributed by atoms with Crippen molar-refractivity contribution in [1.29, 1.82) is 0 Å². The van der Waals surface area contributed by atoms with Crippen LogP contribution in [0.2, 0.25) is 0 Å². The zero-order valence-corrected chi connectivity index (χ0v) is 22.3. The molecule has 1 aromatic rings. The summed E-state index contributed by atoms with van der Waals surface area (Å²) in [4.78, 5) is 22.0. The second-order valence-electron chi connectivity index (χ2n) is 8.67. The Morgan fingerprint density at radius 1 is 1.12 bits per heavy atom. The van der Waals surface area contributed by atoms with E-state index in [-0.39, 0.29) is 42.1 Å². The summed E-state index contributed by atoms with van der Waals surface area (Å²) in [6.45, 7) is 14.3. The third-order valence-corrected chi connectivity index (χ3v) is 6.08. The van der Waals surface area contributed by atoms with Gasteiger partial charge in [-0.15, -0.1) is 24.0 Å². The van der Waals surface area contributed by atoms with Gasteiger partial charge in [0, 0.05) is 37.8 Å². The van der Waals surface area contributed by atoms with Gasteiger partial charge >= 0.3 is 0 Å². The minimum Gasteiger partial charge on any atom is -0.372 e. The summed E-state index contributed by atoms with van der Waals surface area (Å²) >= 11 is 0. The van der Waals surface area contributed by atoms with Gasteiger partial charge in [0.2, 0.25) is 0 Å². The number of carbonyl (C=O) groups is 1. The van der Waals surface area contributed by atoms with E-state index >= 15 is 0 Å². The lowest BCUT2D eigenvalue weighted by atomic mass is 10.1. The maximum absolute atomic E-state index is 12.8. The number of likely N-dealkylation sites (N-methyl/N-ethyl adjacent to an activating group) is 1. The highest BCUT2D eigenvalue weighted by atomic mass is 127. The summed E-state index contributed by atoms with van der Waals surface area (Å²) in [5, 5.41) is 6.84. The van der Waals surface area contributed by atoms with Crippen LogP contribution in [0.4, 0.5) is 0 Å². The normalized spacial score (nSPS) is 24.2. The largest absolute Gasteiger partial charge is 0.372 e. The van der Waals surface area contributed by atoms with E-state index in [0.717, 1.165) is 36.7 Å². The summed E-state index contributed by atoms with van der Waals surface area (Å²) in [6.07, 6.45) is 2.68. The number of morpholine rings is 1. The van der Waals surface area contributed by atoms with Crippen molar-refractivity contribution in [3.63, 3.8) is 0 Å². The van der Waals surface area contributed by atoms with E-state index in [1.807, 2.05) is 43.0 Å². The first-order valence-corrected chi connectivity index (χ1v) is 11.8. The number of nitrogens with zero attached hydrogens (tertiary/aromatic N) is 3. The van der Waals surface area contributed by atoms with Gasteiger partial charge in [0.05, 0.1) is 18.8 Å². The Balaban J connectivity index is 0.00000363. The van der Waals surface area contributed by atoms with Crippen molar-refractivity contribution in [2.45, 2.75) is 65.3 Å². The van der Waals surface area contributed by atoms with Crippen molar-refractivity contribution in [2.24, 2.45) is 4.99 Å². The summed E-state index contributed by atoms with van der Waals surface area (Å²) in [5.41, 5.74) is 1.81. The average molecular weight is 558 g/mol. The second-order valence-corrected chi connectivity index (χ2v) is 8.67. The van der Waals surface area contributed by atoms with Gasteiger partial charge in [-0.1, -0.05) is 19.1 Å². The molecule has 2 heterocycles. The van der Waals surface area contributed by atoms with Gasteiger partial charge in [0.1, 0.15) is 0 Å². The van der Waals surface area contributed by atoms with Crippen molar-refractivity contribution < 1.29 is 9.53 Å². The number of nitrogens with one attached hydrogen (secondary N) is 2. The van der Waals surface area contributed by atoms with Gasteiger partial charge in [0.25, 0.3) is 5.91 Å². The molecular formula is C24H40IN5O2. The zero-order chi connectivity index (χ0) is 22.2. The summed E-state index contributed by atoms with van der Waals surface area (Å²) in [5.74, 6) is 0.922. The molecule has 3 rings (SSSR count). The van der Waals surface area contributed by atoms with Crippen LogP contribution in [0.1, 0.15) is 56.5 Å². The van der Waals surface area contributed by atoms with Gasteiger partial charge in [0.15, 0.2) is 5.96 Å². The summed E-state index contributed by atoms with van der Waals surface area (Å²) in [7, 11) is 0. The predicted octanol–water partition coefficient (Wildman–Crippen LogP) is 3.09. The molecule has 2 saturated heterocycles.